The molecule has 0 aromatic heterocycles. The van der Waals surface area contributed by atoms with E-state index in [4.69, 9.17) is 0 Å². The van der Waals surface area contributed by atoms with Crippen LogP contribution in [0.25, 0.3) is 0 Å². The maximum atomic E-state index is 12.7. The zero-order valence-corrected chi connectivity index (χ0v) is 14.9. The molecule has 0 aliphatic carbocycles. The van der Waals surface area contributed by atoms with E-state index in [1.165, 1.54) is 30.8 Å². The van der Waals surface area contributed by atoms with Crippen molar-refractivity contribution in [2.75, 3.05) is 10.6 Å². The predicted molar refractivity (Wildman–Crippen MR) is 96.1 cm³/mol. The zero-order chi connectivity index (χ0) is 19.3. The van der Waals surface area contributed by atoms with E-state index in [-0.39, 0.29) is 11.6 Å². The molecule has 0 heterocycles. The van der Waals surface area contributed by atoms with Crippen molar-refractivity contribution >= 4 is 35.0 Å². The van der Waals surface area contributed by atoms with Gasteiger partial charge in [0.15, 0.2) is 0 Å². The molecular formula is C18H17F3N2O2S. The van der Waals surface area contributed by atoms with Crippen molar-refractivity contribution in [2.45, 2.75) is 30.2 Å². The van der Waals surface area contributed by atoms with E-state index >= 15 is 0 Å². The van der Waals surface area contributed by atoms with E-state index in [0.29, 0.717) is 5.69 Å². The van der Waals surface area contributed by atoms with Crippen LogP contribution < -0.4 is 10.6 Å². The summed E-state index contributed by atoms with van der Waals surface area (Å²) in [5.41, 5.74) is -0.0784. The van der Waals surface area contributed by atoms with Gasteiger partial charge in [-0.25, -0.2) is 0 Å². The molecule has 0 bridgehead atoms. The summed E-state index contributed by atoms with van der Waals surface area (Å²) in [6.45, 7) is 3.07. The van der Waals surface area contributed by atoms with Crippen molar-refractivity contribution in [3.63, 3.8) is 0 Å². The van der Waals surface area contributed by atoms with Crippen molar-refractivity contribution in [3.8, 4) is 0 Å². The number of anilines is 2. The second kappa shape index (κ2) is 8.27. The number of halogens is 3. The second-order valence-corrected chi connectivity index (χ2v) is 6.95. The van der Waals surface area contributed by atoms with Gasteiger partial charge in [0.2, 0.25) is 11.8 Å². The van der Waals surface area contributed by atoms with Gasteiger partial charge in [-0.15, -0.1) is 11.8 Å². The number of nitrogens with one attached hydrogen (secondary N) is 2. The second-order valence-electron chi connectivity index (χ2n) is 5.53. The summed E-state index contributed by atoms with van der Waals surface area (Å²) in [6, 6.07) is 11.4. The maximum Gasteiger partial charge on any atom is 0.416 e. The number of amides is 2. The van der Waals surface area contributed by atoms with Gasteiger partial charge in [0.25, 0.3) is 0 Å². The van der Waals surface area contributed by atoms with Crippen LogP contribution in [-0.2, 0) is 15.8 Å². The Morgan fingerprint density at radius 3 is 2.23 bits per heavy atom. The molecule has 2 N–H and O–H groups in total. The monoisotopic (exact) mass is 382 g/mol. The van der Waals surface area contributed by atoms with Crippen LogP contribution in [0.2, 0.25) is 0 Å². The maximum absolute atomic E-state index is 12.7. The van der Waals surface area contributed by atoms with Crippen molar-refractivity contribution in [1.29, 1.82) is 0 Å². The highest BCUT2D eigenvalue weighted by atomic mass is 32.2. The molecule has 0 saturated carbocycles. The lowest BCUT2D eigenvalue weighted by Gasteiger charge is -2.14. The van der Waals surface area contributed by atoms with Crippen LogP contribution in [0.15, 0.2) is 53.4 Å². The van der Waals surface area contributed by atoms with E-state index in [0.717, 1.165) is 17.0 Å². The van der Waals surface area contributed by atoms with Crippen molar-refractivity contribution < 1.29 is 22.8 Å². The fraction of sp³-hybridized carbons (Fsp3) is 0.222. The van der Waals surface area contributed by atoms with Gasteiger partial charge in [0.05, 0.1) is 10.8 Å². The highest BCUT2D eigenvalue weighted by molar-refractivity contribution is 8.00. The van der Waals surface area contributed by atoms with Gasteiger partial charge in [0, 0.05) is 23.2 Å². The molecule has 26 heavy (non-hydrogen) atoms. The summed E-state index contributed by atoms with van der Waals surface area (Å²) in [6.07, 6.45) is -4.46. The molecule has 8 heteroatoms. The van der Waals surface area contributed by atoms with Crippen LogP contribution in [0.4, 0.5) is 24.5 Å². The number of thioether (sulfide) groups is 1. The van der Waals surface area contributed by atoms with Crippen molar-refractivity contribution in [1.82, 2.24) is 0 Å². The molecule has 0 spiro atoms. The number of benzene rings is 2. The average Bonchev–Trinajstić information content (AvgIpc) is 2.55. The number of carbonyl (C=O) groups excluding carboxylic acids is 2. The lowest BCUT2D eigenvalue weighted by molar-refractivity contribution is -0.137. The minimum absolute atomic E-state index is 0.0956. The molecule has 2 amide bonds. The van der Waals surface area contributed by atoms with Gasteiger partial charge in [-0.2, -0.15) is 13.2 Å². The van der Waals surface area contributed by atoms with E-state index in [1.54, 1.807) is 31.2 Å². The molecule has 0 unspecified atom stereocenters. The normalized spacial score (nSPS) is 12.3. The Balaban J connectivity index is 1.98. The van der Waals surface area contributed by atoms with Crippen LogP contribution in [0, 0.1) is 0 Å². The summed E-state index contributed by atoms with van der Waals surface area (Å²) in [4.78, 5) is 24.0. The summed E-state index contributed by atoms with van der Waals surface area (Å²) in [5, 5.41) is 4.62. The lowest BCUT2D eigenvalue weighted by atomic mass is 10.2. The Bertz CT molecular complexity index is 792. The first-order valence-electron chi connectivity index (χ1n) is 7.67. The Hall–Kier alpha value is -2.48. The standard InChI is InChI=1S/C18H17F3N2O2S/c1-11(26-16-8-6-14(7-9-16)22-12(2)24)17(25)23-15-5-3-4-13(10-15)18(19,20)21/h3-11H,1-2H3,(H,22,24)(H,23,25)/t11-/m0/s1. The Kier molecular flexibility index (Phi) is 6.31. The van der Waals surface area contributed by atoms with Crippen molar-refractivity contribution in [3.05, 3.63) is 54.1 Å². The molecule has 1 atom stereocenters. The van der Waals surface area contributed by atoms with Crippen LogP contribution in [0.3, 0.4) is 0 Å². The lowest BCUT2D eigenvalue weighted by Crippen LogP contribution is -2.22. The van der Waals surface area contributed by atoms with E-state index in [9.17, 15) is 22.8 Å². The highest BCUT2D eigenvalue weighted by Crippen LogP contribution is 2.31. The molecule has 0 aliphatic heterocycles. The smallest absolute Gasteiger partial charge is 0.326 e. The molecule has 2 aromatic rings. The minimum Gasteiger partial charge on any atom is -0.326 e. The summed E-state index contributed by atoms with van der Waals surface area (Å²) >= 11 is 1.26. The number of alkyl halides is 3. The largest absolute Gasteiger partial charge is 0.416 e. The summed E-state index contributed by atoms with van der Waals surface area (Å²) in [7, 11) is 0. The molecule has 2 aromatic carbocycles. The molecule has 0 radical (unpaired) electrons. The van der Waals surface area contributed by atoms with Gasteiger partial charge in [-0.3, -0.25) is 9.59 Å². The van der Waals surface area contributed by atoms with Crippen LogP contribution in [0.5, 0.6) is 0 Å². The highest BCUT2D eigenvalue weighted by Gasteiger charge is 2.30. The average molecular weight is 382 g/mol. The Labute approximate surface area is 153 Å². The van der Waals surface area contributed by atoms with Crippen molar-refractivity contribution in [2.24, 2.45) is 0 Å². The van der Waals surface area contributed by atoms with Crippen LogP contribution in [0.1, 0.15) is 19.4 Å². The molecule has 2 rings (SSSR count). The number of hydrogen-bond acceptors (Lipinski definition) is 3. The van der Waals surface area contributed by atoms with Gasteiger partial charge >= 0.3 is 6.18 Å². The molecule has 138 valence electrons. The fourth-order valence-corrected chi connectivity index (χ4v) is 2.96. The first-order valence-corrected chi connectivity index (χ1v) is 8.55. The van der Waals surface area contributed by atoms with E-state index < -0.39 is 22.9 Å². The minimum atomic E-state index is -4.46. The van der Waals surface area contributed by atoms with E-state index in [2.05, 4.69) is 10.6 Å². The number of carbonyl (C=O) groups is 2. The molecule has 0 aliphatic rings. The molecule has 0 fully saturated rings. The third-order valence-corrected chi connectivity index (χ3v) is 4.43. The summed E-state index contributed by atoms with van der Waals surface area (Å²) in [5.74, 6) is -0.584. The van der Waals surface area contributed by atoms with Gasteiger partial charge in [-0.05, 0) is 49.4 Å². The van der Waals surface area contributed by atoms with Crippen LogP contribution >= 0.6 is 11.8 Å². The van der Waals surface area contributed by atoms with Gasteiger partial charge < -0.3 is 10.6 Å². The third kappa shape index (κ3) is 5.80. The molecular weight excluding hydrogens is 365 g/mol. The van der Waals surface area contributed by atoms with Gasteiger partial charge in [-0.1, -0.05) is 6.07 Å². The first kappa shape index (κ1) is 19.8. The predicted octanol–water partition coefficient (Wildman–Crippen LogP) is 4.78. The molecule has 4 nitrogen and oxygen atoms in total. The van der Waals surface area contributed by atoms with E-state index in [1.807, 2.05) is 0 Å². The molecule has 0 saturated heterocycles. The Morgan fingerprint density at radius 1 is 1.00 bits per heavy atom. The first-order chi connectivity index (χ1) is 12.1. The van der Waals surface area contributed by atoms with Crippen LogP contribution in [-0.4, -0.2) is 17.1 Å². The topological polar surface area (TPSA) is 58.2 Å². The zero-order valence-electron chi connectivity index (χ0n) is 14.1. The number of hydrogen-bond donors (Lipinski definition) is 2. The Morgan fingerprint density at radius 2 is 1.65 bits per heavy atom. The summed E-state index contributed by atoms with van der Waals surface area (Å²) < 4.78 is 38.2. The fourth-order valence-electron chi connectivity index (χ4n) is 2.09. The number of rotatable bonds is 5. The quantitative estimate of drug-likeness (QED) is 0.732. The van der Waals surface area contributed by atoms with Gasteiger partial charge in [0.1, 0.15) is 0 Å². The third-order valence-electron chi connectivity index (χ3n) is 3.31. The SMILES string of the molecule is CC(=O)Nc1ccc(S[C@@H](C)C(=O)Nc2cccc(C(F)(F)F)c2)cc1.